The molecule has 4 nitrogen and oxygen atoms in total. The Bertz CT molecular complexity index is 777. The van der Waals surface area contributed by atoms with Crippen molar-refractivity contribution in [3.05, 3.63) is 35.0 Å². The Morgan fingerprint density at radius 3 is 3.08 bits per heavy atom. The number of nitrogens with one attached hydrogen (secondary N) is 1. The van der Waals surface area contributed by atoms with Crippen LogP contribution in [0, 0.1) is 11.7 Å². The lowest BCUT2D eigenvalue weighted by atomic mass is 9.89. The smallest absolute Gasteiger partial charge is 0.318 e. The number of aliphatic hydroxyl groups is 1. The predicted molar refractivity (Wildman–Crippen MR) is 92.5 cm³/mol. The van der Waals surface area contributed by atoms with Crippen LogP contribution in [0.5, 0.6) is 0 Å². The monoisotopic (exact) mass is 348 g/mol. The Kier molecular flexibility index (Phi) is 3.96. The molecule has 2 aliphatic heterocycles. The number of hydrogen-bond acceptors (Lipinski definition) is 3. The number of thiophene rings is 1. The number of aliphatic hydroxyl groups excluding tert-OH is 1. The van der Waals surface area contributed by atoms with Crippen LogP contribution in [0.25, 0.3) is 10.1 Å². The Balaban J connectivity index is 1.44. The second-order valence-corrected chi connectivity index (χ2v) is 8.09. The molecule has 0 aliphatic carbocycles. The maximum absolute atomic E-state index is 13.3. The zero-order valence-electron chi connectivity index (χ0n) is 13.5. The predicted octanol–water partition coefficient (Wildman–Crippen LogP) is 3.48. The van der Waals surface area contributed by atoms with Gasteiger partial charge in [0.15, 0.2) is 0 Å². The van der Waals surface area contributed by atoms with Gasteiger partial charge in [0, 0.05) is 27.6 Å². The molecular formula is C18H21FN2O2S. The number of hydrogen-bond donors (Lipinski definition) is 2. The Morgan fingerprint density at radius 1 is 1.42 bits per heavy atom. The molecule has 2 amide bonds. The van der Waals surface area contributed by atoms with Crippen molar-refractivity contribution in [3.8, 4) is 0 Å². The third-order valence-corrected chi connectivity index (χ3v) is 6.57. The maximum atomic E-state index is 13.3. The summed E-state index contributed by atoms with van der Waals surface area (Å²) in [6, 6.07) is 6.91. The fraction of sp³-hybridized carbons (Fsp3) is 0.500. The van der Waals surface area contributed by atoms with Crippen LogP contribution in [0.4, 0.5) is 9.18 Å². The number of piperidine rings is 1. The largest absolute Gasteiger partial charge is 0.393 e. The van der Waals surface area contributed by atoms with Crippen LogP contribution >= 0.6 is 11.3 Å². The summed E-state index contributed by atoms with van der Waals surface area (Å²) in [5.41, 5.74) is 0. The first-order chi connectivity index (χ1) is 11.5. The minimum atomic E-state index is -0.302. The van der Waals surface area contributed by atoms with Crippen LogP contribution in [0.15, 0.2) is 24.3 Å². The number of fused-ring (bicyclic) bond motifs is 3. The molecule has 2 fully saturated rings. The van der Waals surface area contributed by atoms with Crippen molar-refractivity contribution in [2.24, 2.45) is 5.92 Å². The number of carbonyl (C=O) groups excluding carboxylic acids is 1. The van der Waals surface area contributed by atoms with E-state index in [9.17, 15) is 14.3 Å². The van der Waals surface area contributed by atoms with Gasteiger partial charge in [-0.3, -0.25) is 0 Å². The third kappa shape index (κ3) is 2.67. The average Bonchev–Trinajstić information content (AvgIpc) is 3.11. The fourth-order valence-electron chi connectivity index (χ4n) is 4.14. The van der Waals surface area contributed by atoms with Gasteiger partial charge in [0.25, 0.3) is 0 Å². The highest BCUT2D eigenvalue weighted by Crippen LogP contribution is 2.39. The molecular weight excluding hydrogens is 327 g/mol. The molecule has 0 saturated carbocycles. The molecule has 2 saturated heterocycles. The molecule has 2 aromatic rings. The fourth-order valence-corrected chi connectivity index (χ4v) is 5.12. The van der Waals surface area contributed by atoms with Gasteiger partial charge in [-0.05, 0) is 48.9 Å². The highest BCUT2D eigenvalue weighted by atomic mass is 32.1. The molecule has 0 spiro atoms. The van der Waals surface area contributed by atoms with Crippen LogP contribution in [0.1, 0.15) is 31.1 Å². The van der Waals surface area contributed by atoms with E-state index in [4.69, 9.17) is 0 Å². The van der Waals surface area contributed by atoms with E-state index in [1.807, 2.05) is 17.9 Å². The zero-order valence-corrected chi connectivity index (χ0v) is 14.4. The highest BCUT2D eigenvalue weighted by molar-refractivity contribution is 7.19. The summed E-state index contributed by atoms with van der Waals surface area (Å²) in [4.78, 5) is 15.6. The van der Waals surface area contributed by atoms with Crippen molar-refractivity contribution in [3.63, 3.8) is 0 Å². The molecule has 4 atom stereocenters. The van der Waals surface area contributed by atoms with Gasteiger partial charge in [-0.1, -0.05) is 6.92 Å². The Hall–Kier alpha value is -1.66. The van der Waals surface area contributed by atoms with Gasteiger partial charge in [0.05, 0.1) is 12.6 Å². The van der Waals surface area contributed by atoms with E-state index < -0.39 is 0 Å². The number of halogens is 1. The van der Waals surface area contributed by atoms with Gasteiger partial charge in [0.1, 0.15) is 5.82 Å². The van der Waals surface area contributed by atoms with Crippen molar-refractivity contribution >= 4 is 27.5 Å². The lowest BCUT2D eigenvalue weighted by Crippen LogP contribution is -2.55. The van der Waals surface area contributed by atoms with Gasteiger partial charge in [-0.15, -0.1) is 11.3 Å². The summed E-state index contributed by atoms with van der Waals surface area (Å²) in [6.45, 7) is 2.48. The second kappa shape index (κ2) is 6.01. The summed E-state index contributed by atoms with van der Waals surface area (Å²) >= 11 is 1.57. The molecule has 3 heterocycles. The van der Waals surface area contributed by atoms with Crippen LogP contribution in [-0.4, -0.2) is 34.2 Å². The van der Waals surface area contributed by atoms with Crippen LogP contribution in [0.2, 0.25) is 0 Å². The molecule has 0 radical (unpaired) electrons. The first-order valence-electron chi connectivity index (χ1n) is 8.45. The van der Waals surface area contributed by atoms with Crippen molar-refractivity contribution in [2.45, 2.75) is 50.9 Å². The summed E-state index contributed by atoms with van der Waals surface area (Å²) in [5, 5.41) is 14.0. The summed E-state index contributed by atoms with van der Waals surface area (Å²) < 4.78 is 14.3. The summed E-state index contributed by atoms with van der Waals surface area (Å²) in [7, 11) is 0. The first kappa shape index (κ1) is 15.8. The standard InChI is InChI=1S/C18H21FN2O2S/c1-10-15-4-3-13(8-16(10)22)21(15)18(23)20-9-14-7-11-6-12(19)2-5-17(11)24-14/h2,5-7,10,13,15-16,22H,3-4,8-9H2,1H3,(H,20,23). The normalized spacial score (nSPS) is 29.2. The number of nitrogens with zero attached hydrogens (tertiary/aromatic N) is 1. The third-order valence-electron chi connectivity index (χ3n) is 5.45. The number of benzene rings is 1. The minimum absolute atomic E-state index is 0.0510. The highest BCUT2D eigenvalue weighted by Gasteiger charge is 2.46. The van der Waals surface area contributed by atoms with E-state index >= 15 is 0 Å². The Labute approximate surface area is 144 Å². The molecule has 6 heteroatoms. The SMILES string of the molecule is CC1C(O)CC2CCC1N2C(=O)NCc1cc2cc(F)ccc2s1. The molecule has 2 N–H and O–H groups in total. The second-order valence-electron chi connectivity index (χ2n) is 6.92. The average molecular weight is 348 g/mol. The van der Waals surface area contributed by atoms with Crippen LogP contribution < -0.4 is 5.32 Å². The lowest BCUT2D eigenvalue weighted by molar-refractivity contribution is 0.00802. The molecule has 1 aromatic heterocycles. The molecule has 2 aliphatic rings. The van der Waals surface area contributed by atoms with E-state index in [1.165, 1.54) is 12.1 Å². The number of urea groups is 1. The van der Waals surface area contributed by atoms with Gasteiger partial charge in [-0.2, -0.15) is 0 Å². The molecule has 1 aromatic carbocycles. The van der Waals surface area contributed by atoms with E-state index in [2.05, 4.69) is 5.32 Å². The van der Waals surface area contributed by atoms with Crippen molar-refractivity contribution < 1.29 is 14.3 Å². The van der Waals surface area contributed by atoms with Crippen molar-refractivity contribution in [1.29, 1.82) is 0 Å². The summed E-state index contributed by atoms with van der Waals surface area (Å²) in [5.74, 6) is -0.116. The first-order valence-corrected chi connectivity index (χ1v) is 9.27. The van der Waals surface area contributed by atoms with Gasteiger partial charge in [-0.25, -0.2) is 9.18 Å². The van der Waals surface area contributed by atoms with E-state index in [-0.39, 0.29) is 36.0 Å². The van der Waals surface area contributed by atoms with Gasteiger partial charge < -0.3 is 15.3 Å². The van der Waals surface area contributed by atoms with Gasteiger partial charge in [0.2, 0.25) is 0 Å². The molecule has 2 bridgehead atoms. The van der Waals surface area contributed by atoms with Crippen LogP contribution in [-0.2, 0) is 6.54 Å². The molecule has 4 rings (SSSR count). The zero-order chi connectivity index (χ0) is 16.8. The lowest BCUT2D eigenvalue weighted by Gasteiger charge is -2.41. The number of carbonyl (C=O) groups is 1. The van der Waals surface area contributed by atoms with Gasteiger partial charge >= 0.3 is 6.03 Å². The maximum Gasteiger partial charge on any atom is 0.318 e. The topological polar surface area (TPSA) is 52.6 Å². The molecule has 4 unspecified atom stereocenters. The minimum Gasteiger partial charge on any atom is -0.393 e. The quantitative estimate of drug-likeness (QED) is 0.873. The molecule has 24 heavy (non-hydrogen) atoms. The van der Waals surface area contributed by atoms with Crippen LogP contribution in [0.3, 0.4) is 0 Å². The number of rotatable bonds is 2. The Morgan fingerprint density at radius 2 is 2.25 bits per heavy atom. The van der Waals surface area contributed by atoms with E-state index in [0.717, 1.165) is 27.8 Å². The molecule has 128 valence electrons. The van der Waals surface area contributed by atoms with Crippen molar-refractivity contribution in [1.82, 2.24) is 10.2 Å². The summed E-state index contributed by atoms with van der Waals surface area (Å²) in [6.07, 6.45) is 2.32. The van der Waals surface area contributed by atoms with E-state index in [1.54, 1.807) is 17.4 Å². The number of amides is 2. The van der Waals surface area contributed by atoms with E-state index in [0.29, 0.717) is 13.0 Å². The van der Waals surface area contributed by atoms with Crippen molar-refractivity contribution in [2.75, 3.05) is 0 Å².